The fourth-order valence-electron chi connectivity index (χ4n) is 2.57. The normalized spacial score (nSPS) is 24.4. The van der Waals surface area contributed by atoms with Crippen molar-refractivity contribution in [3.05, 3.63) is 29.8 Å². The van der Waals surface area contributed by atoms with Crippen molar-refractivity contribution >= 4 is 10.0 Å². The molecule has 2 rings (SSSR count). The van der Waals surface area contributed by atoms with Crippen LogP contribution in [0.1, 0.15) is 31.7 Å². The van der Waals surface area contributed by atoms with Gasteiger partial charge in [0.2, 0.25) is 10.0 Å². The van der Waals surface area contributed by atoms with Crippen LogP contribution in [0.4, 0.5) is 0 Å². The first-order valence-electron chi connectivity index (χ1n) is 7.34. The molecule has 0 aromatic heterocycles. The summed E-state index contributed by atoms with van der Waals surface area (Å²) in [6, 6.07) is 6.64. The molecule has 21 heavy (non-hydrogen) atoms. The van der Waals surface area contributed by atoms with E-state index >= 15 is 0 Å². The molecule has 1 fully saturated rings. The van der Waals surface area contributed by atoms with Gasteiger partial charge in [-0.1, -0.05) is 26.0 Å². The van der Waals surface area contributed by atoms with E-state index in [4.69, 9.17) is 0 Å². The third-order valence-electron chi connectivity index (χ3n) is 4.36. The van der Waals surface area contributed by atoms with Crippen molar-refractivity contribution in [3.8, 4) is 0 Å². The second kappa shape index (κ2) is 6.44. The summed E-state index contributed by atoms with van der Waals surface area (Å²) in [6.07, 6.45) is 0.357. The summed E-state index contributed by atoms with van der Waals surface area (Å²) in [7, 11) is -2.04. The Labute approximate surface area is 127 Å². The van der Waals surface area contributed by atoms with Crippen LogP contribution in [-0.4, -0.2) is 50.1 Å². The lowest BCUT2D eigenvalue weighted by molar-refractivity contribution is 0.136. The van der Waals surface area contributed by atoms with Crippen molar-refractivity contribution in [2.45, 2.75) is 43.2 Å². The second-order valence-electron chi connectivity index (χ2n) is 5.69. The van der Waals surface area contributed by atoms with Gasteiger partial charge in [0.25, 0.3) is 0 Å². The molecule has 1 unspecified atom stereocenters. The Morgan fingerprint density at radius 1 is 1.33 bits per heavy atom. The summed E-state index contributed by atoms with van der Waals surface area (Å²) < 4.78 is 26.5. The van der Waals surface area contributed by atoms with Gasteiger partial charge < -0.3 is 10.4 Å². The van der Waals surface area contributed by atoms with Crippen LogP contribution in [0.15, 0.2) is 29.2 Å². The van der Waals surface area contributed by atoms with E-state index in [1.165, 1.54) is 11.4 Å². The van der Waals surface area contributed by atoms with Gasteiger partial charge in [0.1, 0.15) is 0 Å². The summed E-state index contributed by atoms with van der Waals surface area (Å²) in [6.45, 7) is 5.13. The quantitative estimate of drug-likeness (QED) is 0.856. The molecule has 0 radical (unpaired) electrons. The number of likely N-dealkylation sites (N-methyl/N-ethyl adjacent to an activating group) is 1. The lowest BCUT2D eigenvalue weighted by Crippen LogP contribution is -2.44. The molecule has 0 spiro atoms. The van der Waals surface area contributed by atoms with Gasteiger partial charge in [-0.25, -0.2) is 8.42 Å². The van der Waals surface area contributed by atoms with E-state index in [0.717, 1.165) is 12.0 Å². The van der Waals surface area contributed by atoms with Crippen LogP contribution in [0.2, 0.25) is 0 Å². The van der Waals surface area contributed by atoms with Gasteiger partial charge in [-0.2, -0.15) is 4.31 Å². The fraction of sp³-hybridized carbons (Fsp3) is 0.600. The molecule has 1 aliphatic heterocycles. The summed E-state index contributed by atoms with van der Waals surface area (Å²) >= 11 is 0. The minimum Gasteiger partial charge on any atom is -0.390 e. The third-order valence-corrected chi connectivity index (χ3v) is 6.25. The number of rotatable bonds is 5. The molecule has 2 N–H and O–H groups in total. The molecule has 6 heteroatoms. The second-order valence-corrected chi connectivity index (χ2v) is 7.69. The van der Waals surface area contributed by atoms with Crippen LogP contribution in [0.25, 0.3) is 0 Å². The molecule has 0 bridgehead atoms. The summed E-state index contributed by atoms with van der Waals surface area (Å²) in [5.41, 5.74) is 1.14. The van der Waals surface area contributed by atoms with E-state index in [0.29, 0.717) is 19.0 Å². The lowest BCUT2D eigenvalue weighted by Gasteiger charge is -2.25. The Morgan fingerprint density at radius 3 is 2.43 bits per heavy atom. The monoisotopic (exact) mass is 312 g/mol. The molecule has 1 aromatic carbocycles. The zero-order valence-electron chi connectivity index (χ0n) is 12.8. The van der Waals surface area contributed by atoms with E-state index in [9.17, 15) is 13.5 Å². The lowest BCUT2D eigenvalue weighted by atomic mass is 9.99. The van der Waals surface area contributed by atoms with Gasteiger partial charge in [-0.15, -0.1) is 0 Å². The zero-order chi connectivity index (χ0) is 15.6. The SMILES string of the molecule is CCC(C)c1ccc(S(=O)(=O)N(C)[C@H]2CNC[C@@H]2O)cc1. The van der Waals surface area contributed by atoms with Crippen LogP contribution in [0.5, 0.6) is 0 Å². The molecule has 5 nitrogen and oxygen atoms in total. The first-order valence-corrected chi connectivity index (χ1v) is 8.78. The van der Waals surface area contributed by atoms with Gasteiger partial charge in [-0.05, 0) is 30.0 Å². The fourth-order valence-corrected chi connectivity index (χ4v) is 3.95. The smallest absolute Gasteiger partial charge is 0.243 e. The maximum absolute atomic E-state index is 12.6. The highest BCUT2D eigenvalue weighted by Gasteiger charge is 2.35. The first-order chi connectivity index (χ1) is 9.87. The van der Waals surface area contributed by atoms with E-state index in [-0.39, 0.29) is 4.90 Å². The molecule has 0 saturated carbocycles. The Morgan fingerprint density at radius 2 is 1.95 bits per heavy atom. The number of sulfonamides is 1. The predicted octanol–water partition coefficient (Wildman–Crippen LogP) is 1.15. The average Bonchev–Trinajstić information content (AvgIpc) is 2.91. The molecule has 1 heterocycles. The van der Waals surface area contributed by atoms with Crippen molar-refractivity contribution in [1.29, 1.82) is 0 Å². The van der Waals surface area contributed by atoms with E-state index in [1.54, 1.807) is 12.1 Å². The Balaban J connectivity index is 2.23. The van der Waals surface area contributed by atoms with Gasteiger partial charge >= 0.3 is 0 Å². The highest BCUT2D eigenvalue weighted by Crippen LogP contribution is 2.23. The number of aliphatic hydroxyl groups is 1. The predicted molar refractivity (Wildman–Crippen MR) is 82.8 cm³/mol. The number of nitrogens with zero attached hydrogens (tertiary/aromatic N) is 1. The number of hydrogen-bond donors (Lipinski definition) is 2. The van der Waals surface area contributed by atoms with Crippen molar-refractivity contribution in [1.82, 2.24) is 9.62 Å². The van der Waals surface area contributed by atoms with Crippen molar-refractivity contribution < 1.29 is 13.5 Å². The molecular weight excluding hydrogens is 288 g/mol. The highest BCUT2D eigenvalue weighted by atomic mass is 32.2. The van der Waals surface area contributed by atoms with Crippen molar-refractivity contribution in [3.63, 3.8) is 0 Å². The van der Waals surface area contributed by atoms with Crippen molar-refractivity contribution in [2.75, 3.05) is 20.1 Å². The number of nitrogens with one attached hydrogen (secondary N) is 1. The molecule has 1 aliphatic rings. The number of aliphatic hydroxyl groups excluding tert-OH is 1. The molecule has 0 amide bonds. The molecule has 118 valence electrons. The van der Waals surface area contributed by atoms with Gasteiger partial charge in [-0.3, -0.25) is 0 Å². The minimum absolute atomic E-state index is 0.274. The minimum atomic E-state index is -3.57. The molecule has 0 aliphatic carbocycles. The largest absolute Gasteiger partial charge is 0.390 e. The maximum Gasteiger partial charge on any atom is 0.243 e. The van der Waals surface area contributed by atoms with Crippen LogP contribution in [-0.2, 0) is 10.0 Å². The Hall–Kier alpha value is -0.950. The van der Waals surface area contributed by atoms with E-state index < -0.39 is 22.2 Å². The summed E-state index contributed by atoms with van der Waals surface area (Å²) in [5.74, 6) is 0.417. The Bertz CT molecular complexity index is 571. The standard InChI is InChI=1S/C15H24N2O3S/c1-4-11(2)12-5-7-13(8-6-12)21(19,20)17(3)14-9-16-10-15(14)18/h5-8,11,14-16,18H,4,9-10H2,1-3H3/t11?,14-,15-/m0/s1. The maximum atomic E-state index is 12.6. The van der Waals surface area contributed by atoms with Crippen molar-refractivity contribution in [2.24, 2.45) is 0 Å². The van der Waals surface area contributed by atoms with Crippen LogP contribution in [0, 0.1) is 0 Å². The van der Waals surface area contributed by atoms with Gasteiger partial charge in [0.05, 0.1) is 17.0 Å². The van der Waals surface area contributed by atoms with E-state index in [2.05, 4.69) is 19.2 Å². The highest BCUT2D eigenvalue weighted by molar-refractivity contribution is 7.89. The first kappa shape index (κ1) is 16.4. The zero-order valence-corrected chi connectivity index (χ0v) is 13.6. The van der Waals surface area contributed by atoms with Crippen LogP contribution in [0.3, 0.4) is 0 Å². The number of β-amino-alcohol motifs (C(OH)–C–C–N with tert-alkyl or cyclic N) is 1. The molecular formula is C15H24N2O3S. The molecule has 1 aromatic rings. The Kier molecular flexibility index (Phi) is 5.03. The van der Waals surface area contributed by atoms with Crippen LogP contribution >= 0.6 is 0 Å². The number of benzene rings is 1. The summed E-state index contributed by atoms with van der Waals surface area (Å²) in [5, 5.41) is 12.9. The topological polar surface area (TPSA) is 69.6 Å². The molecule has 3 atom stereocenters. The third kappa shape index (κ3) is 3.29. The van der Waals surface area contributed by atoms with Gasteiger partial charge in [0, 0.05) is 20.1 Å². The van der Waals surface area contributed by atoms with E-state index in [1.807, 2.05) is 12.1 Å². The van der Waals surface area contributed by atoms with Gasteiger partial charge in [0.15, 0.2) is 0 Å². The van der Waals surface area contributed by atoms with Crippen LogP contribution < -0.4 is 5.32 Å². The summed E-state index contributed by atoms with van der Waals surface area (Å²) in [4.78, 5) is 0.274. The molecule has 1 saturated heterocycles. The number of hydrogen-bond acceptors (Lipinski definition) is 4. The average molecular weight is 312 g/mol.